The summed E-state index contributed by atoms with van der Waals surface area (Å²) >= 11 is 1.82. The van der Waals surface area contributed by atoms with Gasteiger partial charge in [-0.3, -0.25) is 4.57 Å². The highest BCUT2D eigenvalue weighted by molar-refractivity contribution is 7.99. The fraction of sp³-hybridized carbons (Fsp3) is 0.122. The summed E-state index contributed by atoms with van der Waals surface area (Å²) < 4.78 is 20.9. The Hall–Kier alpha value is -5.20. The third kappa shape index (κ3) is 4.21. The van der Waals surface area contributed by atoms with Crippen molar-refractivity contribution >= 4 is 44.7 Å². The Bertz CT molecular complexity index is 2520. The Morgan fingerprint density at radius 3 is 2.40 bits per heavy atom. The molecule has 1 unspecified atom stereocenters. The maximum Gasteiger partial charge on any atom is 0.150 e. The average Bonchev–Trinajstić information content (AvgIpc) is 3.63. The van der Waals surface area contributed by atoms with Crippen molar-refractivity contribution in [1.82, 2.24) is 19.1 Å². The van der Waals surface area contributed by atoms with Crippen molar-refractivity contribution in [2.75, 3.05) is 0 Å². The van der Waals surface area contributed by atoms with Crippen molar-refractivity contribution in [3.63, 3.8) is 0 Å². The molecule has 8 aromatic rings. The smallest absolute Gasteiger partial charge is 0.150 e. The minimum atomic E-state index is -1.32. The molecule has 6 heteroatoms. The van der Waals surface area contributed by atoms with Crippen molar-refractivity contribution in [3.8, 4) is 17.1 Å². The Kier molecular flexibility index (Phi) is 6.21. The van der Waals surface area contributed by atoms with Crippen LogP contribution in [0.25, 0.3) is 50.0 Å². The number of aryl methyl sites for hydroxylation is 1. The lowest BCUT2D eigenvalue weighted by Gasteiger charge is -2.35. The number of benzene rings is 5. The van der Waals surface area contributed by atoms with E-state index in [2.05, 4.69) is 77.6 Å². The van der Waals surface area contributed by atoms with Crippen molar-refractivity contribution in [3.05, 3.63) is 150 Å². The number of fused-ring (bicyclic) bond motifs is 7. The summed E-state index contributed by atoms with van der Waals surface area (Å²) in [6.07, 6.45) is 0.519. The van der Waals surface area contributed by atoms with Gasteiger partial charge in [-0.05, 0) is 70.8 Å². The topological polar surface area (TPSA) is 35.6 Å². The molecular weight excluding hydrogens is 600 g/mol. The van der Waals surface area contributed by atoms with Gasteiger partial charge in [0, 0.05) is 50.5 Å². The first-order valence-electron chi connectivity index (χ1n) is 15.9. The molecule has 5 aromatic carbocycles. The van der Waals surface area contributed by atoms with Crippen molar-refractivity contribution < 1.29 is 4.39 Å². The highest BCUT2D eigenvalue weighted by Gasteiger charge is 2.35. The van der Waals surface area contributed by atoms with Gasteiger partial charge in [-0.25, -0.2) is 14.4 Å². The average molecular weight is 631 g/mol. The highest BCUT2D eigenvalue weighted by Crippen LogP contribution is 2.52. The fourth-order valence-corrected chi connectivity index (χ4v) is 8.86. The number of nitrogens with zero attached hydrogens (tertiary/aromatic N) is 4. The number of aromatic nitrogens is 4. The van der Waals surface area contributed by atoms with Crippen LogP contribution in [0.4, 0.5) is 4.39 Å². The summed E-state index contributed by atoms with van der Waals surface area (Å²) in [7, 11) is 2.00. The standard InChI is InChI=1S/C41H31FN4S/c1-41(2)31-16-4-7-19-35(31)47-38-32(41)21-20-29-30-15-10-22-43-40(30)46(37(29)38)28-14-9-12-26(24-28)36(42)25-11-8-13-27(23-25)39-44-33-17-5-6-18-34(33)45(39)3/h4-24,36H,1-3H3. The number of pyridine rings is 1. The second-order valence-corrected chi connectivity index (χ2v) is 13.9. The molecule has 4 nitrogen and oxygen atoms in total. The van der Waals surface area contributed by atoms with Crippen LogP contribution >= 0.6 is 11.8 Å². The molecule has 0 N–H and O–H groups in total. The van der Waals surface area contributed by atoms with E-state index < -0.39 is 6.17 Å². The lowest BCUT2D eigenvalue weighted by Crippen LogP contribution is -2.24. The van der Waals surface area contributed by atoms with E-state index in [1.807, 2.05) is 91.7 Å². The molecule has 0 spiro atoms. The molecule has 0 saturated heterocycles. The van der Waals surface area contributed by atoms with Gasteiger partial charge in [0.15, 0.2) is 6.17 Å². The molecule has 1 aliphatic heterocycles. The second kappa shape index (κ2) is 10.4. The number of halogens is 1. The Morgan fingerprint density at radius 1 is 0.745 bits per heavy atom. The molecule has 4 heterocycles. The normalized spacial score (nSPS) is 14.4. The lowest BCUT2D eigenvalue weighted by molar-refractivity contribution is 0.402. The third-order valence-electron chi connectivity index (χ3n) is 9.74. The molecule has 0 amide bonds. The van der Waals surface area contributed by atoms with E-state index in [1.165, 1.54) is 20.9 Å². The first kappa shape index (κ1) is 28.1. The number of rotatable bonds is 4. The van der Waals surface area contributed by atoms with E-state index in [-0.39, 0.29) is 5.41 Å². The predicted octanol–water partition coefficient (Wildman–Crippen LogP) is 10.6. The summed E-state index contributed by atoms with van der Waals surface area (Å²) in [5.74, 6) is 0.817. The summed E-state index contributed by atoms with van der Waals surface area (Å²) in [5, 5.41) is 2.23. The zero-order chi connectivity index (χ0) is 31.9. The van der Waals surface area contributed by atoms with Gasteiger partial charge >= 0.3 is 0 Å². The van der Waals surface area contributed by atoms with Gasteiger partial charge in [-0.1, -0.05) is 98.4 Å². The largest absolute Gasteiger partial charge is 0.327 e. The molecule has 0 aliphatic carbocycles. The van der Waals surface area contributed by atoms with Crippen LogP contribution in [0.15, 0.2) is 137 Å². The van der Waals surface area contributed by atoms with Crippen molar-refractivity contribution in [1.29, 1.82) is 0 Å². The van der Waals surface area contributed by atoms with E-state index in [0.29, 0.717) is 11.1 Å². The number of alkyl halides is 1. The van der Waals surface area contributed by atoms with Gasteiger partial charge in [-0.2, -0.15) is 0 Å². The second-order valence-electron chi connectivity index (χ2n) is 12.8. The zero-order valence-corrected chi connectivity index (χ0v) is 27.1. The van der Waals surface area contributed by atoms with Crippen molar-refractivity contribution in [2.45, 2.75) is 35.2 Å². The Labute approximate surface area is 276 Å². The number of hydrogen-bond acceptors (Lipinski definition) is 3. The van der Waals surface area contributed by atoms with Crippen LogP contribution in [0.5, 0.6) is 0 Å². The minimum Gasteiger partial charge on any atom is -0.327 e. The molecule has 1 atom stereocenters. The molecule has 0 saturated carbocycles. The molecule has 3 aromatic heterocycles. The Morgan fingerprint density at radius 2 is 1.53 bits per heavy atom. The monoisotopic (exact) mass is 630 g/mol. The van der Waals surface area contributed by atoms with Crippen LogP contribution in [0.1, 0.15) is 42.3 Å². The third-order valence-corrected chi connectivity index (χ3v) is 10.9. The van der Waals surface area contributed by atoms with E-state index in [0.717, 1.165) is 50.0 Å². The zero-order valence-electron chi connectivity index (χ0n) is 26.3. The fourth-order valence-electron chi connectivity index (χ4n) is 7.33. The lowest BCUT2D eigenvalue weighted by atomic mass is 9.77. The molecule has 1 aliphatic rings. The number of para-hydroxylation sites is 2. The summed E-state index contributed by atoms with van der Waals surface area (Å²) in [5.41, 5.74) is 9.37. The van der Waals surface area contributed by atoms with E-state index in [1.54, 1.807) is 0 Å². The molecule has 47 heavy (non-hydrogen) atoms. The van der Waals surface area contributed by atoms with Gasteiger partial charge in [0.25, 0.3) is 0 Å². The molecule has 0 radical (unpaired) electrons. The van der Waals surface area contributed by atoms with Crippen molar-refractivity contribution in [2.24, 2.45) is 7.05 Å². The van der Waals surface area contributed by atoms with Crippen LogP contribution < -0.4 is 0 Å². The van der Waals surface area contributed by atoms with Crippen LogP contribution in [0, 0.1) is 0 Å². The summed E-state index contributed by atoms with van der Waals surface area (Å²) in [4.78, 5) is 12.2. The molecule has 9 rings (SSSR count). The highest BCUT2D eigenvalue weighted by atomic mass is 32.2. The van der Waals surface area contributed by atoms with Crippen LogP contribution in [-0.4, -0.2) is 19.1 Å². The Balaban J connectivity index is 1.19. The SMILES string of the molecule is Cn1c(-c2cccc(C(F)c3cccc(-n4c5ncccc5c5ccc6c(c54)Sc4ccccc4C6(C)C)c3)c2)nc2ccccc21. The van der Waals surface area contributed by atoms with Gasteiger partial charge in [0.2, 0.25) is 0 Å². The first-order valence-corrected chi connectivity index (χ1v) is 16.7. The van der Waals surface area contributed by atoms with Crippen LogP contribution in [0.3, 0.4) is 0 Å². The molecule has 228 valence electrons. The van der Waals surface area contributed by atoms with E-state index in [4.69, 9.17) is 9.97 Å². The number of imidazole rings is 1. The minimum absolute atomic E-state index is 0.171. The van der Waals surface area contributed by atoms with Gasteiger partial charge in [0.05, 0.1) is 16.6 Å². The molecule has 0 bridgehead atoms. The molecular formula is C41H31FN4S. The maximum atomic E-state index is 16.6. The van der Waals surface area contributed by atoms with Crippen LogP contribution in [0.2, 0.25) is 0 Å². The maximum absolute atomic E-state index is 16.6. The predicted molar refractivity (Wildman–Crippen MR) is 190 cm³/mol. The van der Waals surface area contributed by atoms with Gasteiger partial charge in [-0.15, -0.1) is 0 Å². The van der Waals surface area contributed by atoms with E-state index in [9.17, 15) is 0 Å². The van der Waals surface area contributed by atoms with Crippen LogP contribution in [-0.2, 0) is 12.5 Å². The summed E-state index contributed by atoms with van der Waals surface area (Å²) in [6.45, 7) is 4.61. The number of hydrogen-bond donors (Lipinski definition) is 0. The quantitative estimate of drug-likeness (QED) is 0.194. The molecule has 0 fully saturated rings. The van der Waals surface area contributed by atoms with Gasteiger partial charge < -0.3 is 4.57 Å². The van der Waals surface area contributed by atoms with E-state index >= 15 is 4.39 Å². The summed E-state index contributed by atoms with van der Waals surface area (Å²) in [6, 6.07) is 40.9. The van der Waals surface area contributed by atoms with Gasteiger partial charge in [0.1, 0.15) is 11.5 Å². The first-order chi connectivity index (χ1) is 22.9.